The second-order valence-electron chi connectivity index (χ2n) is 1.61. The summed E-state index contributed by atoms with van der Waals surface area (Å²) < 4.78 is 9.04. The smallest absolute Gasteiger partial charge is 0.340 e. The molecule has 0 unspecified atom stereocenters. The lowest BCUT2D eigenvalue weighted by Gasteiger charge is -1.99. The average molecular weight is 142 g/mol. The first-order valence-electron chi connectivity index (χ1n) is 2.71. The Morgan fingerprint density at radius 2 is 2.30 bits per heavy atom. The molecular weight excluding hydrogens is 132 g/mol. The van der Waals surface area contributed by atoms with Crippen molar-refractivity contribution in [2.75, 3.05) is 13.7 Å². The molecule has 0 radical (unpaired) electrons. The molecule has 0 N–H and O–H groups in total. The molecule has 0 aromatic heterocycles. The topological polar surface area (TPSA) is 35.5 Å². The Bertz CT molecular complexity index is 149. The van der Waals surface area contributed by atoms with Gasteiger partial charge in [0.25, 0.3) is 0 Å². The molecule has 0 rings (SSSR count). The number of hydrogen-bond acceptors (Lipinski definition) is 3. The number of methoxy groups -OCH3 is 1. The molecule has 0 aromatic carbocycles. The zero-order valence-corrected chi connectivity index (χ0v) is 5.92. The quantitative estimate of drug-likeness (QED) is 0.332. The zero-order chi connectivity index (χ0) is 7.98. The fourth-order valence-electron chi connectivity index (χ4n) is 0.392. The van der Waals surface area contributed by atoms with E-state index in [1.807, 2.05) is 0 Å². The highest BCUT2D eigenvalue weighted by molar-refractivity contribution is 5.88. The van der Waals surface area contributed by atoms with Gasteiger partial charge in [0.15, 0.2) is 0 Å². The predicted octanol–water partition coefficient (Wildman–Crippen LogP) is 0.876. The van der Waals surface area contributed by atoms with E-state index in [0.29, 0.717) is 0 Å². The Kier molecular flexibility index (Phi) is 4.24. The Labute approximate surface area is 59.9 Å². The lowest BCUT2D eigenvalue weighted by molar-refractivity contribution is -0.134. The van der Waals surface area contributed by atoms with Crippen LogP contribution in [0.3, 0.4) is 0 Å². The van der Waals surface area contributed by atoms with Crippen molar-refractivity contribution in [3.8, 4) is 0 Å². The second kappa shape index (κ2) is 4.76. The number of hydrogen-bond donors (Lipinski definition) is 0. The fourth-order valence-corrected chi connectivity index (χ4v) is 0.392. The van der Waals surface area contributed by atoms with Crippen molar-refractivity contribution >= 4 is 5.97 Å². The first-order valence-corrected chi connectivity index (χ1v) is 2.71. The van der Waals surface area contributed by atoms with E-state index in [0.717, 1.165) is 6.26 Å². The van der Waals surface area contributed by atoms with E-state index in [4.69, 9.17) is 0 Å². The molecule has 0 saturated heterocycles. The molecule has 0 atom stereocenters. The first-order chi connectivity index (χ1) is 4.72. The summed E-state index contributed by atoms with van der Waals surface area (Å²) in [5, 5.41) is 0. The molecule has 0 bridgehead atoms. The molecule has 0 aliphatic heterocycles. The fraction of sp³-hybridized carbons (Fsp3) is 0.286. The van der Waals surface area contributed by atoms with Crippen LogP contribution in [-0.4, -0.2) is 19.7 Å². The van der Waals surface area contributed by atoms with Crippen molar-refractivity contribution in [1.29, 1.82) is 0 Å². The summed E-state index contributed by atoms with van der Waals surface area (Å²) in [5.41, 5.74) is 0.280. The molecule has 56 valence electrons. The van der Waals surface area contributed by atoms with Gasteiger partial charge in [-0.3, -0.25) is 0 Å². The van der Waals surface area contributed by atoms with Crippen LogP contribution in [0.15, 0.2) is 25.0 Å². The first kappa shape index (κ1) is 8.91. The minimum absolute atomic E-state index is 0.187. The molecule has 0 heterocycles. The maximum atomic E-state index is 10.7. The summed E-state index contributed by atoms with van der Waals surface area (Å²) in [4.78, 5) is 10.7. The van der Waals surface area contributed by atoms with Crippen molar-refractivity contribution < 1.29 is 14.3 Å². The van der Waals surface area contributed by atoms with Gasteiger partial charge in [-0.15, -0.1) is 0 Å². The summed E-state index contributed by atoms with van der Waals surface area (Å²) in [6, 6.07) is 0. The summed E-state index contributed by atoms with van der Waals surface area (Å²) in [6.07, 6.45) is 1.06. The predicted molar refractivity (Wildman–Crippen MR) is 37.3 cm³/mol. The van der Waals surface area contributed by atoms with E-state index in [1.54, 1.807) is 0 Å². The van der Waals surface area contributed by atoms with Gasteiger partial charge in [-0.25, -0.2) is 4.79 Å². The number of ether oxygens (including phenoxy) is 2. The molecule has 0 aromatic rings. The van der Waals surface area contributed by atoms with E-state index >= 15 is 0 Å². The lowest BCUT2D eigenvalue weighted by atomic mass is 10.3. The van der Waals surface area contributed by atoms with Crippen LogP contribution in [0.4, 0.5) is 0 Å². The van der Waals surface area contributed by atoms with Gasteiger partial charge in [-0.05, 0) is 0 Å². The van der Waals surface area contributed by atoms with E-state index in [2.05, 4.69) is 22.6 Å². The maximum absolute atomic E-state index is 10.7. The molecule has 0 aliphatic rings. The highest BCUT2D eigenvalue weighted by Crippen LogP contribution is 1.94. The van der Waals surface area contributed by atoms with Crippen molar-refractivity contribution in [1.82, 2.24) is 0 Å². The molecule has 0 spiro atoms. The van der Waals surface area contributed by atoms with Gasteiger partial charge in [0.2, 0.25) is 0 Å². The molecule has 0 fully saturated rings. The monoisotopic (exact) mass is 142 g/mol. The van der Waals surface area contributed by atoms with E-state index in [1.165, 1.54) is 7.11 Å². The van der Waals surface area contributed by atoms with Crippen molar-refractivity contribution in [3.63, 3.8) is 0 Å². The summed E-state index contributed by atoms with van der Waals surface area (Å²) in [5.74, 6) is -0.503. The van der Waals surface area contributed by atoms with E-state index < -0.39 is 5.97 Å². The Balaban J connectivity index is 3.70. The molecule has 10 heavy (non-hydrogen) atoms. The summed E-state index contributed by atoms with van der Waals surface area (Å²) in [7, 11) is 1.48. The number of esters is 1. The third-order valence-electron chi connectivity index (χ3n) is 0.798. The van der Waals surface area contributed by atoms with Crippen LogP contribution in [0.1, 0.15) is 0 Å². The largest absolute Gasteiger partial charge is 0.432 e. The summed E-state index contributed by atoms with van der Waals surface area (Å²) in [6.45, 7) is 6.82. The minimum Gasteiger partial charge on any atom is -0.432 e. The Hall–Kier alpha value is -1.09. The standard InChI is InChI=1S/C7H10O3/c1-4-10-7(8)6(2)5-9-3/h4H,1-2,5H2,3H3. The zero-order valence-electron chi connectivity index (χ0n) is 5.92. The van der Waals surface area contributed by atoms with Crippen LogP contribution in [0.2, 0.25) is 0 Å². The van der Waals surface area contributed by atoms with Gasteiger partial charge in [-0.1, -0.05) is 13.2 Å². The van der Waals surface area contributed by atoms with Gasteiger partial charge >= 0.3 is 5.97 Å². The minimum atomic E-state index is -0.503. The average Bonchev–Trinajstić information content (AvgIpc) is 1.89. The number of carbonyl (C=O) groups is 1. The molecular formula is C7H10O3. The van der Waals surface area contributed by atoms with Gasteiger partial charge < -0.3 is 9.47 Å². The highest BCUT2D eigenvalue weighted by Gasteiger charge is 2.04. The van der Waals surface area contributed by atoms with E-state index in [9.17, 15) is 4.79 Å². The van der Waals surface area contributed by atoms with Crippen molar-refractivity contribution in [2.24, 2.45) is 0 Å². The second-order valence-corrected chi connectivity index (χ2v) is 1.61. The maximum Gasteiger partial charge on any atom is 0.340 e. The third kappa shape index (κ3) is 3.04. The molecule has 0 aliphatic carbocycles. The molecule has 3 nitrogen and oxygen atoms in total. The van der Waals surface area contributed by atoms with Crippen LogP contribution in [0.5, 0.6) is 0 Å². The van der Waals surface area contributed by atoms with Crippen molar-refractivity contribution in [2.45, 2.75) is 0 Å². The molecule has 0 amide bonds. The van der Waals surface area contributed by atoms with Crippen LogP contribution in [0.25, 0.3) is 0 Å². The Morgan fingerprint density at radius 3 is 2.70 bits per heavy atom. The highest BCUT2D eigenvalue weighted by atomic mass is 16.5. The van der Waals surface area contributed by atoms with Gasteiger partial charge in [-0.2, -0.15) is 0 Å². The van der Waals surface area contributed by atoms with Gasteiger partial charge in [0, 0.05) is 7.11 Å². The van der Waals surface area contributed by atoms with Crippen molar-refractivity contribution in [3.05, 3.63) is 25.0 Å². The van der Waals surface area contributed by atoms with Gasteiger partial charge in [0.1, 0.15) is 0 Å². The van der Waals surface area contributed by atoms with Crippen LogP contribution in [-0.2, 0) is 14.3 Å². The normalized spacial score (nSPS) is 8.50. The van der Waals surface area contributed by atoms with Gasteiger partial charge in [0.05, 0.1) is 18.4 Å². The SMILES string of the molecule is C=COC(=O)C(=C)COC. The van der Waals surface area contributed by atoms with Crippen LogP contribution in [0, 0.1) is 0 Å². The molecule has 3 heteroatoms. The van der Waals surface area contributed by atoms with Crippen LogP contribution >= 0.6 is 0 Å². The summed E-state index contributed by atoms with van der Waals surface area (Å²) >= 11 is 0. The number of rotatable bonds is 4. The lowest BCUT2D eigenvalue weighted by Crippen LogP contribution is -2.07. The Morgan fingerprint density at radius 1 is 1.70 bits per heavy atom. The molecule has 0 saturated carbocycles. The number of carbonyl (C=O) groups excluding carboxylic acids is 1. The van der Waals surface area contributed by atoms with E-state index in [-0.39, 0.29) is 12.2 Å². The van der Waals surface area contributed by atoms with Crippen LogP contribution < -0.4 is 0 Å². The third-order valence-corrected chi connectivity index (χ3v) is 0.798.